The Balaban J connectivity index is 1.35. The van der Waals surface area contributed by atoms with E-state index in [1.807, 2.05) is 24.3 Å². The van der Waals surface area contributed by atoms with Crippen LogP contribution < -0.4 is 4.74 Å². The van der Waals surface area contributed by atoms with Crippen molar-refractivity contribution >= 4 is 43.9 Å². The number of ether oxygens (including phenoxy) is 1. The van der Waals surface area contributed by atoms with Crippen molar-refractivity contribution in [3.8, 4) is 5.75 Å². The number of rotatable bonds is 7. The molecule has 0 radical (unpaired) electrons. The molecule has 8 nitrogen and oxygen atoms in total. The molecule has 0 saturated carbocycles. The Morgan fingerprint density at radius 1 is 1.07 bits per heavy atom. The number of hydrogen-bond donors (Lipinski definition) is 1. The maximum absolute atomic E-state index is 12.1. The third-order valence-electron chi connectivity index (χ3n) is 4.29. The third-order valence-corrected chi connectivity index (χ3v) is 6.92. The van der Waals surface area contributed by atoms with E-state index in [1.54, 1.807) is 12.1 Å². The van der Waals surface area contributed by atoms with Gasteiger partial charge in [-0.15, -0.1) is 10.2 Å². The normalized spacial score (nSPS) is 12.1. The highest BCUT2D eigenvalue weighted by Crippen LogP contribution is 2.23. The van der Waals surface area contributed by atoms with Crippen LogP contribution in [0, 0.1) is 0 Å². The van der Waals surface area contributed by atoms with Crippen LogP contribution in [0.25, 0.3) is 22.1 Å². The van der Waals surface area contributed by atoms with Gasteiger partial charge in [0.05, 0.1) is 11.5 Å². The third kappa shape index (κ3) is 4.04. The quantitative estimate of drug-likeness (QED) is 0.356. The monoisotopic (exact) mass is 429 g/mol. The smallest absolute Gasteiger partial charge is 0.242 e. The van der Waals surface area contributed by atoms with Crippen LogP contribution in [0.15, 0.2) is 58.6 Å². The highest BCUT2D eigenvalue weighted by atomic mass is 32.2. The molecule has 0 saturated heterocycles. The summed E-state index contributed by atoms with van der Waals surface area (Å²) in [6.45, 7) is 0.429. The molecule has 0 amide bonds. The van der Waals surface area contributed by atoms with E-state index < -0.39 is 10.0 Å². The first kappa shape index (κ1) is 19.6. The lowest BCUT2D eigenvalue weighted by atomic mass is 10.2. The van der Waals surface area contributed by atoms with Crippen molar-refractivity contribution < 1.29 is 13.2 Å². The first-order valence-corrected chi connectivity index (χ1v) is 11.3. The topological polar surface area (TPSA) is 101 Å². The Morgan fingerprint density at radius 2 is 1.83 bits per heavy atom. The number of thioether (sulfide) groups is 1. The minimum Gasteiger partial charge on any atom is -0.493 e. The van der Waals surface area contributed by atoms with Gasteiger partial charge in [-0.25, -0.2) is 17.7 Å². The first-order chi connectivity index (χ1) is 13.9. The van der Waals surface area contributed by atoms with Crippen molar-refractivity contribution in [1.29, 1.82) is 0 Å². The van der Waals surface area contributed by atoms with Crippen LogP contribution >= 0.6 is 11.8 Å². The Labute approximate surface area is 172 Å². The minimum atomic E-state index is -3.44. The molecule has 2 aromatic heterocycles. The van der Waals surface area contributed by atoms with Gasteiger partial charge < -0.3 is 9.72 Å². The fourth-order valence-corrected chi connectivity index (χ4v) is 4.28. The van der Waals surface area contributed by atoms with E-state index in [2.05, 4.69) is 20.2 Å². The van der Waals surface area contributed by atoms with Crippen LogP contribution in [0.1, 0.15) is 0 Å². The summed E-state index contributed by atoms with van der Waals surface area (Å²) in [5, 5.41) is 10.0. The van der Waals surface area contributed by atoms with Crippen molar-refractivity contribution in [2.45, 2.75) is 10.1 Å². The zero-order chi connectivity index (χ0) is 20.4. The summed E-state index contributed by atoms with van der Waals surface area (Å²) in [5.74, 6) is 1.24. The summed E-state index contributed by atoms with van der Waals surface area (Å²) >= 11 is 1.44. The van der Waals surface area contributed by atoms with Gasteiger partial charge in [0, 0.05) is 30.8 Å². The minimum absolute atomic E-state index is 0.232. The van der Waals surface area contributed by atoms with Crippen molar-refractivity contribution in [1.82, 2.24) is 24.5 Å². The second-order valence-electron chi connectivity index (χ2n) is 6.42. The van der Waals surface area contributed by atoms with Gasteiger partial charge in [-0.3, -0.25) is 0 Å². The molecule has 4 aromatic rings. The zero-order valence-electron chi connectivity index (χ0n) is 15.9. The zero-order valence-corrected chi connectivity index (χ0v) is 17.5. The summed E-state index contributed by atoms with van der Waals surface area (Å²) in [5.41, 5.74) is 2.45. The maximum Gasteiger partial charge on any atom is 0.242 e. The molecule has 0 aliphatic rings. The first-order valence-electron chi connectivity index (χ1n) is 8.84. The van der Waals surface area contributed by atoms with Crippen molar-refractivity contribution in [2.75, 3.05) is 26.5 Å². The number of fused-ring (bicyclic) bond motifs is 3. The molecule has 0 unspecified atom stereocenters. The number of H-pyrrole nitrogens is 1. The van der Waals surface area contributed by atoms with E-state index in [0.29, 0.717) is 28.9 Å². The molecule has 4 rings (SSSR count). The van der Waals surface area contributed by atoms with Crippen molar-refractivity contribution in [2.24, 2.45) is 0 Å². The van der Waals surface area contributed by atoms with Gasteiger partial charge in [-0.05, 0) is 30.3 Å². The largest absolute Gasteiger partial charge is 0.493 e. The molecule has 0 fully saturated rings. The number of aromatic nitrogens is 4. The van der Waals surface area contributed by atoms with Crippen LogP contribution in [0.4, 0.5) is 0 Å². The number of hydrogen-bond acceptors (Lipinski definition) is 7. The maximum atomic E-state index is 12.1. The molecular weight excluding hydrogens is 410 g/mol. The Morgan fingerprint density at radius 3 is 2.59 bits per heavy atom. The number of nitrogens with one attached hydrogen (secondary N) is 1. The second-order valence-corrected chi connectivity index (χ2v) is 9.63. The van der Waals surface area contributed by atoms with Crippen LogP contribution in [0.2, 0.25) is 0 Å². The van der Waals surface area contributed by atoms with Crippen LogP contribution in [0.3, 0.4) is 0 Å². The van der Waals surface area contributed by atoms with E-state index in [9.17, 15) is 8.42 Å². The predicted octanol–water partition coefficient (Wildman–Crippen LogP) is 2.93. The fraction of sp³-hybridized carbons (Fsp3) is 0.211. The number of nitrogens with zero attached hydrogens (tertiary/aromatic N) is 4. The lowest BCUT2D eigenvalue weighted by Gasteiger charge is -2.12. The number of sulfonamides is 1. The van der Waals surface area contributed by atoms with E-state index in [1.165, 1.54) is 42.3 Å². The van der Waals surface area contributed by atoms with Gasteiger partial charge in [0.15, 0.2) is 5.65 Å². The van der Waals surface area contributed by atoms with Gasteiger partial charge in [-0.2, -0.15) is 0 Å². The molecule has 2 heterocycles. The lowest BCUT2D eigenvalue weighted by Crippen LogP contribution is -2.22. The van der Waals surface area contributed by atoms with E-state index in [4.69, 9.17) is 4.74 Å². The summed E-state index contributed by atoms with van der Waals surface area (Å²) in [6, 6.07) is 14.3. The van der Waals surface area contributed by atoms with Gasteiger partial charge in [-0.1, -0.05) is 30.0 Å². The molecule has 0 aliphatic heterocycles. The van der Waals surface area contributed by atoms with Gasteiger partial charge >= 0.3 is 0 Å². The highest BCUT2D eigenvalue weighted by Gasteiger charge is 2.16. The number of para-hydroxylation sites is 1. The van der Waals surface area contributed by atoms with Crippen molar-refractivity contribution in [3.05, 3.63) is 48.5 Å². The molecule has 1 N–H and O–H groups in total. The van der Waals surface area contributed by atoms with E-state index >= 15 is 0 Å². The molecule has 0 bridgehead atoms. The average Bonchev–Trinajstić information content (AvgIpc) is 3.09. The van der Waals surface area contributed by atoms with Crippen LogP contribution in [-0.2, 0) is 10.0 Å². The molecule has 0 aliphatic carbocycles. The predicted molar refractivity (Wildman–Crippen MR) is 113 cm³/mol. The summed E-state index contributed by atoms with van der Waals surface area (Å²) in [7, 11) is -0.433. The second kappa shape index (κ2) is 7.97. The molecule has 150 valence electrons. The average molecular weight is 430 g/mol. The van der Waals surface area contributed by atoms with Gasteiger partial charge in [0.2, 0.25) is 15.2 Å². The Kier molecular flexibility index (Phi) is 5.39. The highest BCUT2D eigenvalue weighted by molar-refractivity contribution is 7.99. The molecular formula is C19H19N5O3S2. The van der Waals surface area contributed by atoms with Crippen LogP contribution in [0.5, 0.6) is 5.75 Å². The summed E-state index contributed by atoms with van der Waals surface area (Å²) in [4.78, 5) is 8.00. The van der Waals surface area contributed by atoms with E-state index in [-0.39, 0.29) is 4.90 Å². The number of benzene rings is 2. The molecule has 2 aromatic carbocycles. The van der Waals surface area contributed by atoms with Crippen LogP contribution in [-0.4, -0.2) is 59.3 Å². The standard InChI is InChI=1S/C19H19N5O3S2/c1-24(2)29(25,26)14-9-7-13(8-10-14)27-11-12-28-19-21-18-17(22-23-19)15-5-3-4-6-16(15)20-18/h3-10H,11-12H2,1-2H3,(H,20,21,23). The molecule has 0 atom stereocenters. The van der Waals surface area contributed by atoms with Gasteiger partial charge in [0.25, 0.3) is 0 Å². The summed E-state index contributed by atoms with van der Waals surface area (Å²) in [6.07, 6.45) is 0. The SMILES string of the molecule is CN(C)S(=O)(=O)c1ccc(OCCSc2nnc3c(n2)[nH]c2ccccc23)cc1. The van der Waals surface area contributed by atoms with Gasteiger partial charge in [0.1, 0.15) is 11.3 Å². The number of aromatic amines is 1. The molecule has 29 heavy (non-hydrogen) atoms. The van der Waals surface area contributed by atoms with E-state index in [0.717, 1.165) is 16.4 Å². The lowest BCUT2D eigenvalue weighted by molar-refractivity contribution is 0.343. The van der Waals surface area contributed by atoms with Crippen molar-refractivity contribution in [3.63, 3.8) is 0 Å². The fourth-order valence-electron chi connectivity index (χ4n) is 2.78. The molecule has 10 heteroatoms. The molecule has 0 spiro atoms. The Bertz CT molecular complexity index is 1250. The summed E-state index contributed by atoms with van der Waals surface area (Å²) < 4.78 is 31.0. The Hall–Kier alpha value is -2.69.